The van der Waals surface area contributed by atoms with Crippen LogP contribution in [-0.4, -0.2) is 16.8 Å². The molecule has 4 nitrogen and oxygen atoms in total. The van der Waals surface area contributed by atoms with Gasteiger partial charge in [-0.05, 0) is 40.5 Å². The lowest BCUT2D eigenvalue weighted by molar-refractivity contribution is -0.118. The average Bonchev–Trinajstić information content (AvgIpc) is 3.14. The van der Waals surface area contributed by atoms with Crippen LogP contribution in [-0.2, 0) is 16.0 Å². The standard InChI is InChI=1S/C29H21F2NO3/c30-23-15-14-20(17-24(23)31)32-27(22-12-6-10-19-9-4-5-11-21(19)22)26(28(34)29(32)35)25(33)16-13-18-7-2-1-3-8-18/h1-12,14-15,17,27,34H,13,16H2. The van der Waals surface area contributed by atoms with Gasteiger partial charge < -0.3 is 5.11 Å². The minimum atomic E-state index is -1.13. The fraction of sp³-hybridized carbons (Fsp3) is 0.103. The number of nitrogens with zero attached hydrogens (tertiary/aromatic N) is 1. The molecular weight excluding hydrogens is 448 g/mol. The number of fused-ring (bicyclic) bond motifs is 1. The van der Waals surface area contributed by atoms with Gasteiger partial charge in [-0.3, -0.25) is 14.5 Å². The van der Waals surface area contributed by atoms with Crippen molar-refractivity contribution in [3.05, 3.63) is 125 Å². The Bertz CT molecular complexity index is 1470. The van der Waals surface area contributed by atoms with E-state index in [1.807, 2.05) is 60.7 Å². The first-order chi connectivity index (χ1) is 17.0. The molecule has 0 spiro atoms. The molecule has 1 N–H and O–H groups in total. The van der Waals surface area contributed by atoms with Gasteiger partial charge >= 0.3 is 0 Å². The van der Waals surface area contributed by atoms with Crippen LogP contribution in [0, 0.1) is 11.6 Å². The van der Waals surface area contributed by atoms with Gasteiger partial charge in [-0.2, -0.15) is 0 Å². The van der Waals surface area contributed by atoms with Crippen LogP contribution in [0.2, 0.25) is 0 Å². The van der Waals surface area contributed by atoms with Gasteiger partial charge in [0.1, 0.15) is 0 Å². The van der Waals surface area contributed by atoms with E-state index >= 15 is 0 Å². The molecule has 6 heteroatoms. The van der Waals surface area contributed by atoms with E-state index in [1.165, 1.54) is 6.07 Å². The molecule has 0 aromatic heterocycles. The largest absolute Gasteiger partial charge is 0.503 e. The van der Waals surface area contributed by atoms with E-state index in [2.05, 4.69) is 0 Å². The number of ketones is 1. The third kappa shape index (κ3) is 4.08. The molecule has 0 radical (unpaired) electrons. The van der Waals surface area contributed by atoms with E-state index in [4.69, 9.17) is 0 Å². The molecule has 0 fully saturated rings. The van der Waals surface area contributed by atoms with Gasteiger partial charge in [0.15, 0.2) is 23.2 Å². The van der Waals surface area contributed by atoms with Crippen molar-refractivity contribution >= 4 is 28.2 Å². The van der Waals surface area contributed by atoms with Gasteiger partial charge in [-0.1, -0.05) is 72.8 Å². The number of carbonyl (C=O) groups excluding carboxylic acids is 2. The Balaban J connectivity index is 1.63. The van der Waals surface area contributed by atoms with Crippen LogP contribution in [0.15, 0.2) is 102 Å². The zero-order valence-electron chi connectivity index (χ0n) is 18.6. The summed E-state index contributed by atoms with van der Waals surface area (Å²) in [6, 6.07) is 24.5. The predicted molar refractivity (Wildman–Crippen MR) is 130 cm³/mol. The predicted octanol–water partition coefficient (Wildman–Crippen LogP) is 6.22. The van der Waals surface area contributed by atoms with Crippen LogP contribution in [0.5, 0.6) is 0 Å². The Morgan fingerprint density at radius 2 is 1.57 bits per heavy atom. The summed E-state index contributed by atoms with van der Waals surface area (Å²) < 4.78 is 27.8. The molecule has 35 heavy (non-hydrogen) atoms. The first kappa shape index (κ1) is 22.5. The maximum atomic E-state index is 14.1. The summed E-state index contributed by atoms with van der Waals surface area (Å²) in [5.74, 6) is -4.08. The number of anilines is 1. The molecule has 0 saturated heterocycles. The van der Waals surface area contributed by atoms with Gasteiger partial charge in [-0.25, -0.2) is 8.78 Å². The maximum Gasteiger partial charge on any atom is 0.294 e. The van der Waals surface area contributed by atoms with Crippen molar-refractivity contribution in [2.45, 2.75) is 18.9 Å². The van der Waals surface area contributed by atoms with Crippen molar-refractivity contribution in [3.8, 4) is 0 Å². The molecule has 1 amide bonds. The molecule has 5 rings (SSSR count). The normalized spacial score (nSPS) is 15.8. The summed E-state index contributed by atoms with van der Waals surface area (Å²) in [4.78, 5) is 27.9. The minimum absolute atomic E-state index is 0.0456. The topological polar surface area (TPSA) is 57.6 Å². The SMILES string of the molecule is O=C(CCc1ccccc1)C1=C(O)C(=O)N(c2ccc(F)c(F)c2)C1c1cccc2ccccc12. The van der Waals surface area contributed by atoms with Crippen LogP contribution in [0.1, 0.15) is 23.6 Å². The summed E-state index contributed by atoms with van der Waals surface area (Å²) in [7, 11) is 0. The average molecular weight is 469 g/mol. The monoisotopic (exact) mass is 469 g/mol. The lowest BCUT2D eigenvalue weighted by Crippen LogP contribution is -2.31. The van der Waals surface area contributed by atoms with Crippen LogP contribution in [0.3, 0.4) is 0 Å². The second kappa shape index (κ2) is 9.14. The van der Waals surface area contributed by atoms with Crippen molar-refractivity contribution in [3.63, 3.8) is 0 Å². The smallest absolute Gasteiger partial charge is 0.294 e. The third-order valence-corrected chi connectivity index (χ3v) is 6.29. The van der Waals surface area contributed by atoms with E-state index in [1.54, 1.807) is 12.1 Å². The third-order valence-electron chi connectivity index (χ3n) is 6.29. The Morgan fingerprint density at radius 3 is 2.34 bits per heavy atom. The molecular formula is C29H21F2NO3. The van der Waals surface area contributed by atoms with Crippen molar-refractivity contribution in [2.75, 3.05) is 4.90 Å². The molecule has 1 aliphatic heterocycles. The zero-order chi connectivity index (χ0) is 24.5. The summed E-state index contributed by atoms with van der Waals surface area (Å²) in [6.07, 6.45) is 0.502. The molecule has 1 atom stereocenters. The first-order valence-electron chi connectivity index (χ1n) is 11.2. The minimum Gasteiger partial charge on any atom is -0.503 e. The molecule has 1 heterocycles. The lowest BCUT2D eigenvalue weighted by atomic mass is 9.90. The molecule has 0 aliphatic carbocycles. The number of hydrogen-bond acceptors (Lipinski definition) is 3. The summed E-state index contributed by atoms with van der Waals surface area (Å²) in [5.41, 5.74) is 1.55. The maximum absolute atomic E-state index is 14.1. The molecule has 0 bridgehead atoms. The van der Waals surface area contributed by atoms with Crippen molar-refractivity contribution in [1.29, 1.82) is 0 Å². The zero-order valence-corrected chi connectivity index (χ0v) is 18.6. The van der Waals surface area contributed by atoms with Crippen molar-refractivity contribution in [2.24, 2.45) is 0 Å². The van der Waals surface area contributed by atoms with Crippen LogP contribution in [0.4, 0.5) is 14.5 Å². The quantitative estimate of drug-likeness (QED) is 0.365. The molecule has 0 saturated carbocycles. The van der Waals surface area contributed by atoms with Crippen molar-refractivity contribution in [1.82, 2.24) is 0 Å². The number of aliphatic hydroxyl groups is 1. The summed E-state index contributed by atoms with van der Waals surface area (Å²) in [6.45, 7) is 0. The summed E-state index contributed by atoms with van der Waals surface area (Å²) in [5, 5.41) is 12.5. The second-order valence-electron chi connectivity index (χ2n) is 8.42. The number of aliphatic hydroxyl groups excluding tert-OH is 1. The van der Waals surface area contributed by atoms with Gasteiger partial charge in [0, 0.05) is 18.2 Å². The van der Waals surface area contributed by atoms with Crippen LogP contribution < -0.4 is 4.90 Å². The van der Waals surface area contributed by atoms with E-state index in [9.17, 15) is 23.5 Å². The lowest BCUT2D eigenvalue weighted by Gasteiger charge is -2.28. The fourth-order valence-corrected chi connectivity index (χ4v) is 4.61. The fourth-order valence-electron chi connectivity index (χ4n) is 4.61. The Hall–Kier alpha value is -4.32. The van der Waals surface area contributed by atoms with Crippen LogP contribution >= 0.6 is 0 Å². The number of aryl methyl sites for hydroxylation is 1. The molecule has 1 unspecified atom stereocenters. The van der Waals surface area contributed by atoms with Gasteiger partial charge in [0.05, 0.1) is 11.6 Å². The molecule has 1 aliphatic rings. The highest BCUT2D eigenvalue weighted by Crippen LogP contribution is 2.43. The van der Waals surface area contributed by atoms with Crippen LogP contribution in [0.25, 0.3) is 10.8 Å². The molecule has 4 aromatic carbocycles. The number of rotatable bonds is 6. The molecule has 174 valence electrons. The van der Waals surface area contributed by atoms with Crippen molar-refractivity contribution < 1.29 is 23.5 Å². The second-order valence-corrected chi connectivity index (χ2v) is 8.42. The number of carbonyl (C=O) groups is 2. The summed E-state index contributed by atoms with van der Waals surface area (Å²) >= 11 is 0. The van der Waals surface area contributed by atoms with E-state index in [-0.39, 0.29) is 23.5 Å². The van der Waals surface area contributed by atoms with E-state index in [0.29, 0.717) is 12.0 Å². The number of hydrogen-bond donors (Lipinski definition) is 1. The molecule has 4 aromatic rings. The van der Waals surface area contributed by atoms with Gasteiger partial charge in [-0.15, -0.1) is 0 Å². The Kier molecular flexibility index (Phi) is 5.87. The van der Waals surface area contributed by atoms with Gasteiger partial charge in [0.25, 0.3) is 5.91 Å². The Morgan fingerprint density at radius 1 is 0.857 bits per heavy atom. The highest BCUT2D eigenvalue weighted by molar-refractivity contribution is 6.17. The number of benzene rings is 4. The van der Waals surface area contributed by atoms with E-state index in [0.717, 1.165) is 33.4 Å². The Labute approximate surface area is 200 Å². The number of halogens is 2. The highest BCUT2D eigenvalue weighted by Gasteiger charge is 2.44. The highest BCUT2D eigenvalue weighted by atomic mass is 19.2. The van der Waals surface area contributed by atoms with Gasteiger partial charge in [0.2, 0.25) is 0 Å². The van der Waals surface area contributed by atoms with E-state index < -0.39 is 29.3 Å². The first-order valence-corrected chi connectivity index (χ1v) is 11.2. The number of Topliss-reactive ketones (excluding diaryl/α,β-unsaturated/α-hetero) is 1. The number of amides is 1.